The van der Waals surface area contributed by atoms with Crippen LogP contribution in [0.2, 0.25) is 0 Å². The third-order valence-corrected chi connectivity index (χ3v) is 3.34. The zero-order chi connectivity index (χ0) is 13.1. The van der Waals surface area contributed by atoms with Crippen molar-refractivity contribution in [1.82, 2.24) is 0 Å². The first-order chi connectivity index (χ1) is 8.63. The highest BCUT2D eigenvalue weighted by molar-refractivity contribution is 5.43. The first-order valence-corrected chi connectivity index (χ1v) is 6.29. The average Bonchev–Trinajstić information content (AvgIpc) is 2.34. The number of hydrogen-bond acceptors (Lipinski definition) is 1. The predicted molar refractivity (Wildman–Crippen MR) is 75.9 cm³/mol. The lowest BCUT2D eigenvalue weighted by molar-refractivity contribution is 0.135. The van der Waals surface area contributed by atoms with Gasteiger partial charge in [0.1, 0.15) is 6.10 Å². The summed E-state index contributed by atoms with van der Waals surface area (Å²) in [5.41, 5.74) is 6.38. The van der Waals surface area contributed by atoms with E-state index in [1.54, 1.807) is 7.11 Å². The van der Waals surface area contributed by atoms with Crippen molar-refractivity contribution in [3.05, 3.63) is 70.3 Å². The summed E-state index contributed by atoms with van der Waals surface area (Å²) in [4.78, 5) is 0. The Bertz CT molecular complexity index is 506. The van der Waals surface area contributed by atoms with Crippen LogP contribution in [0.15, 0.2) is 42.5 Å². The lowest BCUT2D eigenvalue weighted by Gasteiger charge is -2.21. The molecule has 2 aromatic carbocycles. The Balaban J connectivity index is 2.52. The van der Waals surface area contributed by atoms with Gasteiger partial charge >= 0.3 is 0 Å². The number of ether oxygens (including phenoxy) is 1. The molecule has 2 rings (SSSR count). The third-order valence-electron chi connectivity index (χ3n) is 3.34. The molecule has 0 aliphatic heterocycles. The standard InChI is InChI=1S/C17H20O/c1-12-10-13(2)16(14(3)11-12)17(18-4)15-8-6-5-7-9-15/h5-11,17H,1-4H3. The van der Waals surface area contributed by atoms with E-state index in [2.05, 4.69) is 57.2 Å². The summed E-state index contributed by atoms with van der Waals surface area (Å²) in [6, 6.07) is 14.8. The number of aryl methyl sites for hydroxylation is 3. The van der Waals surface area contributed by atoms with Crippen molar-refractivity contribution in [2.75, 3.05) is 7.11 Å². The van der Waals surface area contributed by atoms with Crippen LogP contribution in [0, 0.1) is 20.8 Å². The number of hydrogen-bond donors (Lipinski definition) is 0. The van der Waals surface area contributed by atoms with Crippen molar-refractivity contribution in [3.8, 4) is 0 Å². The second kappa shape index (κ2) is 5.36. The van der Waals surface area contributed by atoms with Crippen molar-refractivity contribution in [1.29, 1.82) is 0 Å². The second-order valence-electron chi connectivity index (χ2n) is 4.84. The van der Waals surface area contributed by atoms with E-state index in [1.165, 1.54) is 27.8 Å². The van der Waals surface area contributed by atoms with E-state index in [4.69, 9.17) is 4.74 Å². The van der Waals surface area contributed by atoms with E-state index in [0.29, 0.717) is 0 Å². The van der Waals surface area contributed by atoms with Crippen molar-refractivity contribution in [2.45, 2.75) is 26.9 Å². The molecule has 1 unspecified atom stereocenters. The lowest BCUT2D eigenvalue weighted by Crippen LogP contribution is -2.08. The smallest absolute Gasteiger partial charge is 0.108 e. The molecule has 18 heavy (non-hydrogen) atoms. The van der Waals surface area contributed by atoms with E-state index >= 15 is 0 Å². The quantitative estimate of drug-likeness (QED) is 0.775. The maximum Gasteiger partial charge on any atom is 0.108 e. The van der Waals surface area contributed by atoms with Crippen LogP contribution in [0.4, 0.5) is 0 Å². The Morgan fingerprint density at radius 2 is 1.44 bits per heavy atom. The molecule has 0 saturated heterocycles. The Labute approximate surface area is 109 Å². The van der Waals surface area contributed by atoms with Crippen LogP contribution in [0.1, 0.15) is 33.9 Å². The molecule has 94 valence electrons. The van der Waals surface area contributed by atoms with Gasteiger partial charge in [-0.3, -0.25) is 0 Å². The van der Waals surface area contributed by atoms with Gasteiger partial charge in [-0.05, 0) is 43.0 Å². The number of benzene rings is 2. The first kappa shape index (κ1) is 12.8. The van der Waals surface area contributed by atoms with E-state index in [-0.39, 0.29) is 6.10 Å². The summed E-state index contributed by atoms with van der Waals surface area (Å²) in [5, 5.41) is 0. The molecular formula is C17H20O. The summed E-state index contributed by atoms with van der Waals surface area (Å²) in [6.45, 7) is 6.45. The van der Waals surface area contributed by atoms with Gasteiger partial charge in [-0.15, -0.1) is 0 Å². The maximum atomic E-state index is 5.72. The Hall–Kier alpha value is -1.60. The highest BCUT2D eigenvalue weighted by Gasteiger charge is 2.17. The predicted octanol–water partition coefficient (Wildman–Crippen LogP) is 4.35. The molecule has 1 nitrogen and oxygen atoms in total. The van der Waals surface area contributed by atoms with Gasteiger partial charge < -0.3 is 4.74 Å². The maximum absolute atomic E-state index is 5.72. The van der Waals surface area contributed by atoms with Crippen molar-refractivity contribution < 1.29 is 4.74 Å². The van der Waals surface area contributed by atoms with E-state index in [0.717, 1.165) is 0 Å². The van der Waals surface area contributed by atoms with Crippen molar-refractivity contribution in [3.63, 3.8) is 0 Å². The summed E-state index contributed by atoms with van der Waals surface area (Å²) >= 11 is 0. The van der Waals surface area contributed by atoms with Gasteiger partial charge in [-0.25, -0.2) is 0 Å². The highest BCUT2D eigenvalue weighted by atomic mass is 16.5. The molecule has 0 radical (unpaired) electrons. The van der Waals surface area contributed by atoms with Gasteiger partial charge in [0.2, 0.25) is 0 Å². The molecule has 0 aliphatic rings. The van der Waals surface area contributed by atoms with Gasteiger partial charge in [0, 0.05) is 7.11 Å². The molecule has 0 heterocycles. The minimum atomic E-state index is 0.0202. The molecule has 2 aromatic rings. The molecule has 0 bridgehead atoms. The van der Waals surface area contributed by atoms with Crippen LogP contribution in [0.5, 0.6) is 0 Å². The lowest BCUT2D eigenvalue weighted by atomic mass is 9.92. The normalized spacial score (nSPS) is 12.4. The van der Waals surface area contributed by atoms with Crippen LogP contribution < -0.4 is 0 Å². The number of rotatable bonds is 3. The molecule has 0 aliphatic carbocycles. The highest BCUT2D eigenvalue weighted by Crippen LogP contribution is 2.31. The van der Waals surface area contributed by atoms with E-state index in [9.17, 15) is 0 Å². The molecule has 0 fully saturated rings. The van der Waals surface area contributed by atoms with Crippen LogP contribution in [-0.2, 0) is 4.74 Å². The summed E-state index contributed by atoms with van der Waals surface area (Å²) in [6.07, 6.45) is 0.0202. The molecule has 1 atom stereocenters. The summed E-state index contributed by atoms with van der Waals surface area (Å²) in [7, 11) is 1.77. The first-order valence-electron chi connectivity index (χ1n) is 6.29. The van der Waals surface area contributed by atoms with E-state index in [1.807, 2.05) is 6.07 Å². The van der Waals surface area contributed by atoms with Gasteiger partial charge in [0.15, 0.2) is 0 Å². The van der Waals surface area contributed by atoms with Crippen LogP contribution in [0.3, 0.4) is 0 Å². The second-order valence-corrected chi connectivity index (χ2v) is 4.84. The molecule has 0 aromatic heterocycles. The zero-order valence-corrected chi connectivity index (χ0v) is 11.5. The Kier molecular flexibility index (Phi) is 3.83. The molecule has 1 heteroatoms. The Morgan fingerprint density at radius 3 is 1.94 bits per heavy atom. The monoisotopic (exact) mass is 240 g/mol. The minimum absolute atomic E-state index is 0.0202. The molecule has 0 spiro atoms. The fraction of sp³-hybridized carbons (Fsp3) is 0.294. The van der Waals surface area contributed by atoms with Gasteiger partial charge in [0.05, 0.1) is 0 Å². The van der Waals surface area contributed by atoms with Crippen molar-refractivity contribution >= 4 is 0 Å². The van der Waals surface area contributed by atoms with Gasteiger partial charge in [0.25, 0.3) is 0 Å². The summed E-state index contributed by atoms with van der Waals surface area (Å²) < 4.78 is 5.72. The van der Waals surface area contributed by atoms with Crippen LogP contribution in [-0.4, -0.2) is 7.11 Å². The topological polar surface area (TPSA) is 9.23 Å². The number of methoxy groups -OCH3 is 1. The van der Waals surface area contributed by atoms with Gasteiger partial charge in [-0.2, -0.15) is 0 Å². The van der Waals surface area contributed by atoms with E-state index < -0.39 is 0 Å². The largest absolute Gasteiger partial charge is 0.372 e. The summed E-state index contributed by atoms with van der Waals surface area (Å²) in [5.74, 6) is 0. The molecule has 0 N–H and O–H groups in total. The minimum Gasteiger partial charge on any atom is -0.372 e. The van der Waals surface area contributed by atoms with Gasteiger partial charge in [-0.1, -0.05) is 48.0 Å². The zero-order valence-electron chi connectivity index (χ0n) is 11.5. The molecular weight excluding hydrogens is 220 g/mol. The average molecular weight is 240 g/mol. The molecule has 0 saturated carbocycles. The third kappa shape index (κ3) is 2.46. The molecule has 0 amide bonds. The SMILES string of the molecule is COC(c1ccccc1)c1c(C)cc(C)cc1C. The Morgan fingerprint density at radius 1 is 0.889 bits per heavy atom. The fourth-order valence-electron chi connectivity index (χ4n) is 2.65. The van der Waals surface area contributed by atoms with Crippen molar-refractivity contribution in [2.24, 2.45) is 0 Å². The van der Waals surface area contributed by atoms with Crippen LogP contribution in [0.25, 0.3) is 0 Å². The van der Waals surface area contributed by atoms with Crippen LogP contribution >= 0.6 is 0 Å². The fourth-order valence-corrected chi connectivity index (χ4v) is 2.65.